The van der Waals surface area contributed by atoms with Crippen molar-refractivity contribution in [1.29, 1.82) is 0 Å². The van der Waals surface area contributed by atoms with Gasteiger partial charge in [-0.3, -0.25) is 9.79 Å². The molecule has 0 aromatic heterocycles. The van der Waals surface area contributed by atoms with Gasteiger partial charge in [-0.25, -0.2) is 0 Å². The molecule has 1 heterocycles. The number of carbonyl (C=O) groups excluding carboxylic acids is 1. The number of methoxy groups -OCH3 is 1. The molecule has 0 radical (unpaired) electrons. The molecule has 6 heteroatoms. The van der Waals surface area contributed by atoms with E-state index in [2.05, 4.69) is 33.4 Å². The highest BCUT2D eigenvalue weighted by Crippen LogP contribution is 2.25. The molecule has 0 bridgehead atoms. The van der Waals surface area contributed by atoms with E-state index in [1.54, 1.807) is 33.2 Å². The summed E-state index contributed by atoms with van der Waals surface area (Å²) in [5.74, 6) is 1.66. The van der Waals surface area contributed by atoms with E-state index in [1.807, 2.05) is 12.1 Å². The Morgan fingerprint density at radius 3 is 2.79 bits per heavy atom. The van der Waals surface area contributed by atoms with E-state index in [1.165, 1.54) is 11.1 Å². The largest absolute Gasteiger partial charge is 0.497 e. The number of hydrogen-bond acceptors (Lipinski definition) is 3. The van der Waals surface area contributed by atoms with E-state index in [0.717, 1.165) is 31.2 Å². The Labute approximate surface area is 143 Å². The molecule has 1 aromatic rings. The van der Waals surface area contributed by atoms with Gasteiger partial charge in [-0.05, 0) is 29.7 Å². The van der Waals surface area contributed by atoms with Crippen LogP contribution in [0.4, 0.5) is 0 Å². The smallest absolute Gasteiger partial charge is 0.241 e. The fourth-order valence-corrected chi connectivity index (χ4v) is 2.59. The van der Waals surface area contributed by atoms with Crippen molar-refractivity contribution in [2.45, 2.75) is 6.42 Å². The molecule has 0 saturated carbocycles. The maximum atomic E-state index is 11.7. The highest BCUT2D eigenvalue weighted by atomic mass is 16.5. The summed E-state index contributed by atoms with van der Waals surface area (Å²) in [6.07, 6.45) is 3.13. The third-order valence-corrected chi connectivity index (χ3v) is 4.06. The highest BCUT2D eigenvalue weighted by molar-refractivity contribution is 5.87. The summed E-state index contributed by atoms with van der Waals surface area (Å²) >= 11 is 0. The van der Waals surface area contributed by atoms with Gasteiger partial charge in [-0.1, -0.05) is 18.2 Å². The van der Waals surface area contributed by atoms with Crippen LogP contribution in [0, 0.1) is 0 Å². The number of benzene rings is 1. The minimum atomic E-state index is 0.0285. The maximum Gasteiger partial charge on any atom is 0.241 e. The summed E-state index contributed by atoms with van der Waals surface area (Å²) in [5.41, 5.74) is 2.50. The zero-order valence-electron chi connectivity index (χ0n) is 14.9. The second-order valence-corrected chi connectivity index (χ2v) is 5.85. The molecule has 1 aliphatic rings. The molecular weight excluding hydrogens is 304 g/mol. The minimum absolute atomic E-state index is 0.0285. The zero-order chi connectivity index (χ0) is 17.5. The van der Waals surface area contributed by atoms with Crippen LogP contribution in [0.1, 0.15) is 12.0 Å². The van der Waals surface area contributed by atoms with Gasteiger partial charge in [0, 0.05) is 34.2 Å². The van der Waals surface area contributed by atoms with Crippen LogP contribution in [0.2, 0.25) is 0 Å². The second-order valence-electron chi connectivity index (χ2n) is 5.85. The fraction of sp³-hybridized carbons (Fsp3) is 0.444. The van der Waals surface area contributed by atoms with Crippen LogP contribution in [-0.4, -0.2) is 69.6 Å². The Balaban J connectivity index is 1.99. The standard InChI is InChI=1S/C18H26N4O2/c1-19-18(20-13-17(23)21(2)3)22-10-8-14(9-11-22)15-6-5-7-16(12-15)24-4/h5-8,12H,9-11,13H2,1-4H3,(H,19,20). The first kappa shape index (κ1) is 17.8. The molecule has 130 valence electrons. The number of amides is 1. The van der Waals surface area contributed by atoms with E-state index in [0.29, 0.717) is 0 Å². The lowest BCUT2D eigenvalue weighted by atomic mass is 9.99. The molecule has 0 atom stereocenters. The molecule has 0 fully saturated rings. The summed E-state index contributed by atoms with van der Waals surface area (Å²) in [4.78, 5) is 19.7. The monoisotopic (exact) mass is 330 g/mol. The number of aliphatic imine (C=N–C) groups is 1. The molecule has 0 aliphatic carbocycles. The summed E-state index contributed by atoms with van der Waals surface area (Å²) in [5, 5.41) is 3.13. The van der Waals surface area contributed by atoms with Crippen molar-refractivity contribution in [3.8, 4) is 5.75 Å². The maximum absolute atomic E-state index is 11.7. The van der Waals surface area contributed by atoms with Gasteiger partial charge in [0.2, 0.25) is 5.91 Å². The highest BCUT2D eigenvalue weighted by Gasteiger charge is 2.17. The Hall–Kier alpha value is -2.50. The Bertz CT molecular complexity index is 638. The lowest BCUT2D eigenvalue weighted by Crippen LogP contribution is -2.46. The topological polar surface area (TPSA) is 57.2 Å². The normalized spacial score (nSPS) is 14.9. The predicted molar refractivity (Wildman–Crippen MR) is 97.2 cm³/mol. The number of carbonyl (C=O) groups is 1. The Kier molecular flexibility index (Phi) is 6.23. The number of rotatable bonds is 4. The molecule has 1 amide bonds. The summed E-state index contributed by atoms with van der Waals surface area (Å²) in [7, 11) is 6.91. The number of guanidine groups is 1. The van der Waals surface area contributed by atoms with Gasteiger partial charge < -0.3 is 19.9 Å². The summed E-state index contributed by atoms with van der Waals surface area (Å²) in [6, 6.07) is 8.12. The number of nitrogens with one attached hydrogen (secondary N) is 1. The molecule has 1 aromatic carbocycles. The second kappa shape index (κ2) is 8.38. The molecule has 1 N–H and O–H groups in total. The van der Waals surface area contributed by atoms with Crippen molar-refractivity contribution in [2.75, 3.05) is 47.9 Å². The van der Waals surface area contributed by atoms with Crippen LogP contribution in [-0.2, 0) is 4.79 Å². The molecule has 0 saturated heterocycles. The van der Waals surface area contributed by atoms with Crippen LogP contribution in [0.25, 0.3) is 5.57 Å². The number of hydrogen-bond donors (Lipinski definition) is 1. The van der Waals surface area contributed by atoms with Crippen molar-refractivity contribution in [2.24, 2.45) is 4.99 Å². The molecular formula is C18H26N4O2. The molecule has 0 unspecified atom stereocenters. The number of nitrogens with zero attached hydrogens (tertiary/aromatic N) is 3. The Morgan fingerprint density at radius 1 is 1.42 bits per heavy atom. The van der Waals surface area contributed by atoms with E-state index < -0.39 is 0 Å². The van der Waals surface area contributed by atoms with Crippen molar-refractivity contribution in [3.63, 3.8) is 0 Å². The third-order valence-electron chi connectivity index (χ3n) is 4.06. The van der Waals surface area contributed by atoms with Crippen LogP contribution in [0.5, 0.6) is 5.75 Å². The first-order chi connectivity index (χ1) is 11.5. The van der Waals surface area contributed by atoms with Crippen molar-refractivity contribution in [1.82, 2.24) is 15.1 Å². The van der Waals surface area contributed by atoms with Gasteiger partial charge in [-0.15, -0.1) is 0 Å². The first-order valence-corrected chi connectivity index (χ1v) is 8.04. The average Bonchev–Trinajstić information content (AvgIpc) is 2.62. The van der Waals surface area contributed by atoms with Gasteiger partial charge in [0.25, 0.3) is 0 Å². The van der Waals surface area contributed by atoms with Crippen LogP contribution in [0.3, 0.4) is 0 Å². The molecule has 2 rings (SSSR count). The molecule has 24 heavy (non-hydrogen) atoms. The lowest BCUT2D eigenvalue weighted by molar-refractivity contribution is -0.127. The van der Waals surface area contributed by atoms with Crippen LogP contribution in [0.15, 0.2) is 35.3 Å². The van der Waals surface area contributed by atoms with E-state index >= 15 is 0 Å². The van der Waals surface area contributed by atoms with E-state index in [4.69, 9.17) is 4.74 Å². The third kappa shape index (κ3) is 4.50. The number of ether oxygens (including phenoxy) is 1. The van der Waals surface area contributed by atoms with Gasteiger partial charge in [-0.2, -0.15) is 0 Å². The van der Waals surface area contributed by atoms with E-state index in [-0.39, 0.29) is 12.5 Å². The van der Waals surface area contributed by atoms with Crippen molar-refractivity contribution >= 4 is 17.4 Å². The molecule has 1 aliphatic heterocycles. The summed E-state index contributed by atoms with van der Waals surface area (Å²) < 4.78 is 5.29. The zero-order valence-corrected chi connectivity index (χ0v) is 14.9. The quantitative estimate of drug-likeness (QED) is 0.671. The predicted octanol–water partition coefficient (Wildman–Crippen LogP) is 1.45. The SMILES string of the molecule is CN=C(NCC(=O)N(C)C)N1CC=C(c2cccc(OC)c2)CC1. The van der Waals surface area contributed by atoms with Gasteiger partial charge >= 0.3 is 0 Å². The number of likely N-dealkylation sites (N-methyl/N-ethyl adjacent to an activating group) is 1. The van der Waals surface area contributed by atoms with Gasteiger partial charge in [0.1, 0.15) is 5.75 Å². The van der Waals surface area contributed by atoms with Crippen molar-refractivity contribution < 1.29 is 9.53 Å². The van der Waals surface area contributed by atoms with Gasteiger partial charge in [0.15, 0.2) is 5.96 Å². The fourth-order valence-electron chi connectivity index (χ4n) is 2.59. The first-order valence-electron chi connectivity index (χ1n) is 8.04. The van der Waals surface area contributed by atoms with Gasteiger partial charge in [0.05, 0.1) is 13.7 Å². The van der Waals surface area contributed by atoms with E-state index in [9.17, 15) is 4.79 Å². The Morgan fingerprint density at radius 2 is 2.21 bits per heavy atom. The molecule has 0 spiro atoms. The van der Waals surface area contributed by atoms with Crippen LogP contribution >= 0.6 is 0 Å². The molecule has 6 nitrogen and oxygen atoms in total. The minimum Gasteiger partial charge on any atom is -0.497 e. The van der Waals surface area contributed by atoms with Crippen LogP contribution < -0.4 is 10.1 Å². The average molecular weight is 330 g/mol. The summed E-state index contributed by atoms with van der Waals surface area (Å²) in [6.45, 7) is 1.88. The van der Waals surface area contributed by atoms with Crippen molar-refractivity contribution in [3.05, 3.63) is 35.9 Å². The lowest BCUT2D eigenvalue weighted by Gasteiger charge is -2.30.